The molecule has 0 saturated carbocycles. The lowest BCUT2D eigenvalue weighted by molar-refractivity contribution is -0.140. The highest BCUT2D eigenvalue weighted by molar-refractivity contribution is 7.99. The number of hydrogen-bond donors (Lipinski definition) is 1. The number of likely N-dealkylation sites (N-methyl/N-ethyl adjacent to an activating group) is 1. The van der Waals surface area contributed by atoms with Gasteiger partial charge in [-0.2, -0.15) is 0 Å². The van der Waals surface area contributed by atoms with Crippen molar-refractivity contribution in [3.05, 3.63) is 59.7 Å². The van der Waals surface area contributed by atoms with Gasteiger partial charge in [0.15, 0.2) is 0 Å². The molecule has 2 amide bonds. The first-order chi connectivity index (χ1) is 14.0. The molecule has 0 aliphatic carbocycles. The summed E-state index contributed by atoms with van der Waals surface area (Å²) in [4.78, 5) is 28.3. The minimum Gasteiger partial charge on any atom is -0.497 e. The average molecular weight is 415 g/mol. The van der Waals surface area contributed by atoms with Crippen LogP contribution in [0.3, 0.4) is 0 Å². The Morgan fingerprint density at radius 2 is 1.76 bits per heavy atom. The molecule has 0 unspecified atom stereocenters. The van der Waals surface area contributed by atoms with Crippen molar-refractivity contribution in [2.75, 3.05) is 19.9 Å². The number of carbonyl (C=O) groups excluding carboxylic acids is 2. The third-order valence-corrected chi connectivity index (χ3v) is 5.76. The largest absolute Gasteiger partial charge is 0.497 e. The van der Waals surface area contributed by atoms with E-state index in [1.807, 2.05) is 31.2 Å². The Morgan fingerprint density at radius 1 is 1.10 bits per heavy atom. The number of methoxy groups -OCH3 is 1. The molecule has 0 fully saturated rings. The maximum Gasteiger partial charge on any atom is 0.242 e. The predicted octanol–water partition coefficient (Wildman–Crippen LogP) is 4.04. The van der Waals surface area contributed by atoms with Crippen molar-refractivity contribution < 1.29 is 14.3 Å². The molecular weight excluding hydrogens is 384 g/mol. The van der Waals surface area contributed by atoms with Crippen LogP contribution in [0.1, 0.15) is 30.9 Å². The molecule has 2 rings (SSSR count). The Kier molecular flexibility index (Phi) is 9.06. The van der Waals surface area contributed by atoms with Crippen LogP contribution in [0.2, 0.25) is 0 Å². The summed E-state index contributed by atoms with van der Waals surface area (Å²) in [5, 5.41) is 2.68. The summed E-state index contributed by atoms with van der Waals surface area (Å²) in [5.41, 5.74) is 2.18. The van der Waals surface area contributed by atoms with Crippen LogP contribution in [0.5, 0.6) is 5.75 Å². The molecule has 0 bridgehead atoms. The third kappa shape index (κ3) is 6.82. The van der Waals surface area contributed by atoms with Gasteiger partial charge in [-0.25, -0.2) is 0 Å². The van der Waals surface area contributed by atoms with E-state index in [4.69, 9.17) is 4.74 Å². The quantitative estimate of drug-likeness (QED) is 0.596. The molecule has 29 heavy (non-hydrogen) atoms. The highest BCUT2D eigenvalue weighted by Gasteiger charge is 2.27. The Labute approximate surface area is 177 Å². The van der Waals surface area contributed by atoms with Gasteiger partial charge in [-0.05, 0) is 43.2 Å². The van der Waals surface area contributed by atoms with Gasteiger partial charge in [-0.3, -0.25) is 9.59 Å². The normalized spacial score (nSPS) is 11.6. The SMILES string of the molecule is CC[C@H](C(=O)NC)N(Cc1ccc(OC)cc1)C(=O)CCSc1ccc(C)cc1. The van der Waals surface area contributed by atoms with Crippen molar-refractivity contribution in [1.82, 2.24) is 10.2 Å². The molecule has 1 N–H and O–H groups in total. The van der Waals surface area contributed by atoms with Gasteiger partial charge in [-0.15, -0.1) is 11.8 Å². The lowest BCUT2D eigenvalue weighted by Gasteiger charge is -2.30. The molecule has 0 spiro atoms. The number of carbonyl (C=O) groups is 2. The molecule has 0 aromatic heterocycles. The van der Waals surface area contributed by atoms with Crippen LogP contribution in [0.4, 0.5) is 0 Å². The molecule has 0 aliphatic heterocycles. The fourth-order valence-corrected chi connectivity index (χ4v) is 3.89. The van der Waals surface area contributed by atoms with Crippen molar-refractivity contribution in [2.24, 2.45) is 0 Å². The summed E-state index contributed by atoms with van der Waals surface area (Å²) in [7, 11) is 3.23. The molecule has 0 aliphatic rings. The highest BCUT2D eigenvalue weighted by Crippen LogP contribution is 2.21. The lowest BCUT2D eigenvalue weighted by Crippen LogP contribution is -2.48. The fraction of sp³-hybridized carbons (Fsp3) is 0.391. The van der Waals surface area contributed by atoms with Gasteiger partial charge in [0.05, 0.1) is 7.11 Å². The first-order valence-corrected chi connectivity index (χ1v) is 10.8. The van der Waals surface area contributed by atoms with Crippen LogP contribution in [-0.4, -0.2) is 42.7 Å². The topological polar surface area (TPSA) is 58.6 Å². The Bertz CT molecular complexity index is 791. The van der Waals surface area contributed by atoms with Crippen molar-refractivity contribution >= 4 is 23.6 Å². The monoisotopic (exact) mass is 414 g/mol. The molecule has 0 heterocycles. The van der Waals surface area contributed by atoms with E-state index in [0.29, 0.717) is 25.1 Å². The van der Waals surface area contributed by atoms with Gasteiger partial charge in [0.2, 0.25) is 11.8 Å². The van der Waals surface area contributed by atoms with E-state index in [0.717, 1.165) is 16.2 Å². The molecule has 1 atom stereocenters. The molecule has 0 saturated heterocycles. The number of rotatable bonds is 10. The average Bonchev–Trinajstić information content (AvgIpc) is 2.75. The van der Waals surface area contributed by atoms with E-state index in [2.05, 4.69) is 36.5 Å². The molecule has 5 nitrogen and oxygen atoms in total. The molecule has 156 valence electrons. The zero-order chi connectivity index (χ0) is 21.2. The maximum absolute atomic E-state index is 13.0. The van der Waals surface area contributed by atoms with Crippen molar-refractivity contribution in [2.45, 2.75) is 44.2 Å². The lowest BCUT2D eigenvalue weighted by atomic mass is 10.1. The van der Waals surface area contributed by atoms with Crippen molar-refractivity contribution in [1.29, 1.82) is 0 Å². The number of nitrogens with zero attached hydrogens (tertiary/aromatic N) is 1. The number of thioether (sulfide) groups is 1. The number of ether oxygens (including phenoxy) is 1. The van der Waals surface area contributed by atoms with E-state index < -0.39 is 6.04 Å². The maximum atomic E-state index is 13.0. The zero-order valence-electron chi connectivity index (χ0n) is 17.6. The summed E-state index contributed by atoms with van der Waals surface area (Å²) >= 11 is 1.65. The van der Waals surface area contributed by atoms with Gasteiger partial charge in [0.1, 0.15) is 11.8 Å². The van der Waals surface area contributed by atoms with Crippen LogP contribution in [0, 0.1) is 6.92 Å². The fourth-order valence-electron chi connectivity index (χ4n) is 3.05. The number of aryl methyl sites for hydroxylation is 1. The number of amides is 2. The van der Waals surface area contributed by atoms with Crippen LogP contribution in [-0.2, 0) is 16.1 Å². The zero-order valence-corrected chi connectivity index (χ0v) is 18.4. The second-order valence-electron chi connectivity index (χ2n) is 6.82. The second kappa shape index (κ2) is 11.5. The molecular formula is C23H30N2O3S. The van der Waals surface area contributed by atoms with E-state index in [1.165, 1.54) is 5.56 Å². The molecule has 0 radical (unpaired) electrons. The van der Waals surface area contributed by atoms with E-state index in [-0.39, 0.29) is 11.8 Å². The third-order valence-electron chi connectivity index (χ3n) is 4.75. The summed E-state index contributed by atoms with van der Waals surface area (Å²) in [6, 6.07) is 15.4. The minimum absolute atomic E-state index is 0.0177. The van der Waals surface area contributed by atoms with E-state index >= 15 is 0 Å². The van der Waals surface area contributed by atoms with Crippen LogP contribution < -0.4 is 10.1 Å². The van der Waals surface area contributed by atoms with Gasteiger partial charge in [0, 0.05) is 30.7 Å². The Morgan fingerprint density at radius 3 is 2.31 bits per heavy atom. The van der Waals surface area contributed by atoms with E-state index in [9.17, 15) is 9.59 Å². The minimum atomic E-state index is -0.487. The summed E-state index contributed by atoms with van der Waals surface area (Å²) < 4.78 is 5.20. The van der Waals surface area contributed by atoms with E-state index in [1.54, 1.807) is 30.8 Å². The van der Waals surface area contributed by atoms with Crippen LogP contribution in [0.15, 0.2) is 53.4 Å². The predicted molar refractivity (Wildman–Crippen MR) is 118 cm³/mol. The van der Waals surface area contributed by atoms with Crippen LogP contribution in [0.25, 0.3) is 0 Å². The summed E-state index contributed by atoms with van der Waals surface area (Å²) in [5.74, 6) is 1.28. The standard InChI is InChI=1S/C23H30N2O3S/c1-5-21(23(27)24-3)25(16-18-8-10-19(28-4)11-9-18)22(26)14-15-29-20-12-6-17(2)7-13-20/h6-13,21H,5,14-16H2,1-4H3,(H,24,27)/t21-/m1/s1. The first kappa shape index (κ1) is 22.8. The number of benzene rings is 2. The Hall–Kier alpha value is -2.47. The van der Waals surface area contributed by atoms with Gasteiger partial charge >= 0.3 is 0 Å². The summed E-state index contributed by atoms with van der Waals surface area (Å²) in [6.07, 6.45) is 0.939. The van der Waals surface area contributed by atoms with Gasteiger partial charge in [0.25, 0.3) is 0 Å². The molecule has 2 aromatic carbocycles. The smallest absolute Gasteiger partial charge is 0.242 e. The van der Waals surface area contributed by atoms with Gasteiger partial charge in [-0.1, -0.05) is 36.8 Å². The van der Waals surface area contributed by atoms with Crippen molar-refractivity contribution in [3.8, 4) is 5.75 Å². The number of hydrogen-bond acceptors (Lipinski definition) is 4. The van der Waals surface area contributed by atoms with Crippen molar-refractivity contribution in [3.63, 3.8) is 0 Å². The number of nitrogens with one attached hydrogen (secondary N) is 1. The van der Waals surface area contributed by atoms with Gasteiger partial charge < -0.3 is 15.0 Å². The molecule has 2 aromatic rings. The summed E-state index contributed by atoms with van der Waals surface area (Å²) in [6.45, 7) is 4.37. The first-order valence-electron chi connectivity index (χ1n) is 9.82. The van der Waals surface area contributed by atoms with Crippen LogP contribution >= 0.6 is 11.8 Å². The highest BCUT2D eigenvalue weighted by atomic mass is 32.2. The second-order valence-corrected chi connectivity index (χ2v) is 7.99. The Balaban J connectivity index is 2.08. The molecule has 6 heteroatoms.